The zero-order valence-corrected chi connectivity index (χ0v) is 22.2. The predicted molar refractivity (Wildman–Crippen MR) is 132 cm³/mol. The van der Waals surface area contributed by atoms with Crippen LogP contribution < -0.4 is 5.32 Å². The van der Waals surface area contributed by atoms with E-state index in [1.54, 1.807) is 0 Å². The number of fused-ring (bicyclic) bond motifs is 5. The van der Waals surface area contributed by atoms with E-state index in [0.717, 1.165) is 38.5 Å². The molecule has 4 aliphatic carbocycles. The molecule has 0 aromatic rings. The summed E-state index contributed by atoms with van der Waals surface area (Å²) in [6.45, 7) is 6.56. The number of amides is 1. The van der Waals surface area contributed by atoms with E-state index in [9.17, 15) is 28.5 Å². The lowest BCUT2D eigenvalue weighted by atomic mass is 9.43. The van der Waals surface area contributed by atoms with E-state index >= 15 is 0 Å². The maximum atomic E-state index is 12.2. The number of aliphatic hydroxyl groups is 3. The first-order chi connectivity index (χ1) is 16.3. The van der Waals surface area contributed by atoms with Gasteiger partial charge in [0.2, 0.25) is 5.91 Å². The molecule has 0 aromatic heterocycles. The van der Waals surface area contributed by atoms with Crippen molar-refractivity contribution in [2.24, 2.45) is 46.3 Å². The van der Waals surface area contributed by atoms with Crippen LogP contribution in [0.4, 0.5) is 0 Å². The van der Waals surface area contributed by atoms with Gasteiger partial charge in [0.15, 0.2) is 0 Å². The van der Waals surface area contributed by atoms with Gasteiger partial charge in [0.25, 0.3) is 10.1 Å². The molecule has 0 aromatic carbocycles. The molecule has 0 saturated heterocycles. The molecule has 4 rings (SSSR count). The summed E-state index contributed by atoms with van der Waals surface area (Å²) in [5, 5.41) is 35.8. The molecule has 0 aliphatic heterocycles. The highest BCUT2D eigenvalue weighted by Gasteiger charge is 2.65. The van der Waals surface area contributed by atoms with Gasteiger partial charge in [-0.1, -0.05) is 20.8 Å². The summed E-state index contributed by atoms with van der Waals surface area (Å²) >= 11 is 0. The quantitative estimate of drug-likeness (QED) is 0.327. The van der Waals surface area contributed by atoms with Gasteiger partial charge in [0, 0.05) is 13.0 Å². The highest BCUT2D eigenvalue weighted by molar-refractivity contribution is 7.85. The minimum atomic E-state index is -4.10. The van der Waals surface area contributed by atoms with Gasteiger partial charge in [-0.3, -0.25) is 9.35 Å². The Morgan fingerprint density at radius 1 is 1.06 bits per heavy atom. The summed E-state index contributed by atoms with van der Waals surface area (Å²) in [6.07, 6.45) is 5.67. The first-order valence-electron chi connectivity index (χ1n) is 13.5. The molecule has 8 nitrogen and oxygen atoms in total. The number of carbonyl (C=O) groups is 1. The Morgan fingerprint density at radius 3 is 2.46 bits per heavy atom. The van der Waals surface area contributed by atoms with Crippen molar-refractivity contribution in [2.75, 3.05) is 12.3 Å². The smallest absolute Gasteiger partial charge is 0.266 e. The van der Waals surface area contributed by atoms with E-state index < -0.39 is 28.1 Å². The third kappa shape index (κ3) is 5.05. The third-order valence-electron chi connectivity index (χ3n) is 11.0. The molecule has 0 radical (unpaired) electrons. The number of hydrogen-bond acceptors (Lipinski definition) is 6. The van der Waals surface area contributed by atoms with Crippen LogP contribution in [-0.2, 0) is 14.9 Å². The molecule has 0 heterocycles. The molecular formula is C26H45NO7S. The van der Waals surface area contributed by atoms with E-state index in [1.807, 2.05) is 0 Å². The summed E-state index contributed by atoms with van der Waals surface area (Å²) in [5.74, 6) is 0.705. The summed E-state index contributed by atoms with van der Waals surface area (Å²) in [5.41, 5.74) is -0.254. The molecule has 35 heavy (non-hydrogen) atoms. The van der Waals surface area contributed by atoms with Crippen LogP contribution in [0.3, 0.4) is 0 Å². The zero-order chi connectivity index (χ0) is 25.8. The molecule has 0 spiro atoms. The van der Waals surface area contributed by atoms with E-state index in [1.165, 1.54) is 0 Å². The molecule has 9 heteroatoms. The van der Waals surface area contributed by atoms with Crippen LogP contribution in [0.25, 0.3) is 0 Å². The fraction of sp³-hybridized carbons (Fsp3) is 0.962. The molecule has 4 saturated carbocycles. The number of aliphatic hydroxyl groups excluding tert-OH is 3. The van der Waals surface area contributed by atoms with Crippen LogP contribution >= 0.6 is 0 Å². The first kappa shape index (κ1) is 27.3. The Bertz CT molecular complexity index is 896. The summed E-state index contributed by atoms with van der Waals surface area (Å²) in [6, 6.07) is 0. The van der Waals surface area contributed by atoms with Crippen molar-refractivity contribution < 1.29 is 33.1 Å². The minimum Gasteiger partial charge on any atom is -0.393 e. The lowest BCUT2D eigenvalue weighted by Gasteiger charge is -2.63. The van der Waals surface area contributed by atoms with Gasteiger partial charge in [-0.2, -0.15) is 8.42 Å². The Balaban J connectivity index is 1.43. The van der Waals surface area contributed by atoms with Crippen molar-refractivity contribution in [1.82, 2.24) is 5.32 Å². The summed E-state index contributed by atoms with van der Waals surface area (Å²) in [7, 11) is -4.10. The molecule has 202 valence electrons. The average Bonchev–Trinajstić information content (AvgIpc) is 3.12. The maximum absolute atomic E-state index is 12.2. The standard InChI is InChI=1S/C26H45NO7S/c1-15(4-7-23(31)27-10-11-35(32,33)34)18-5-6-19-24-20(14-22(30)26(18,19)3)25(2)9-8-17(28)12-16(25)13-21(24)29/h15-22,24,28-30H,4-14H2,1-3H3,(H,27,31)(H,32,33,34)/t15-,16-,17+,18-,19+,20+,21+,22+,24+,25+,26-/m1/s1. The van der Waals surface area contributed by atoms with Gasteiger partial charge >= 0.3 is 0 Å². The molecule has 0 bridgehead atoms. The number of hydrogen-bond donors (Lipinski definition) is 5. The predicted octanol–water partition coefficient (Wildman–Crippen LogP) is 2.37. The van der Waals surface area contributed by atoms with E-state index in [-0.39, 0.29) is 65.4 Å². The topological polar surface area (TPSA) is 144 Å². The monoisotopic (exact) mass is 515 g/mol. The van der Waals surface area contributed by atoms with Crippen LogP contribution in [0.2, 0.25) is 0 Å². The fourth-order valence-corrected chi connectivity index (χ4v) is 9.46. The Morgan fingerprint density at radius 2 is 1.77 bits per heavy atom. The van der Waals surface area contributed by atoms with Crippen molar-refractivity contribution >= 4 is 16.0 Å². The summed E-state index contributed by atoms with van der Waals surface area (Å²) in [4.78, 5) is 12.2. The van der Waals surface area contributed by atoms with E-state index in [2.05, 4.69) is 26.1 Å². The molecule has 4 aliphatic rings. The van der Waals surface area contributed by atoms with Crippen molar-refractivity contribution in [3.05, 3.63) is 0 Å². The average molecular weight is 516 g/mol. The molecule has 4 fully saturated rings. The van der Waals surface area contributed by atoms with Gasteiger partial charge < -0.3 is 20.6 Å². The van der Waals surface area contributed by atoms with E-state index in [4.69, 9.17) is 4.55 Å². The molecular weight excluding hydrogens is 470 g/mol. The lowest BCUT2D eigenvalue weighted by Crippen LogP contribution is -2.62. The maximum Gasteiger partial charge on any atom is 0.266 e. The normalized spacial score (nSPS) is 46.3. The molecule has 11 atom stereocenters. The fourth-order valence-electron chi connectivity index (χ4n) is 9.10. The van der Waals surface area contributed by atoms with Crippen LogP contribution in [0.5, 0.6) is 0 Å². The van der Waals surface area contributed by atoms with Crippen molar-refractivity contribution in [2.45, 2.75) is 96.9 Å². The number of rotatable bonds is 7. The van der Waals surface area contributed by atoms with Crippen LogP contribution in [0.1, 0.15) is 78.6 Å². The van der Waals surface area contributed by atoms with Crippen LogP contribution in [0.15, 0.2) is 0 Å². The van der Waals surface area contributed by atoms with Gasteiger partial charge in [-0.05, 0) is 97.7 Å². The van der Waals surface area contributed by atoms with Gasteiger partial charge in [-0.15, -0.1) is 0 Å². The van der Waals surface area contributed by atoms with Gasteiger partial charge in [-0.25, -0.2) is 0 Å². The molecule has 5 N–H and O–H groups in total. The first-order valence-corrected chi connectivity index (χ1v) is 15.1. The number of carbonyl (C=O) groups excluding carboxylic acids is 1. The second kappa shape index (κ2) is 9.86. The highest BCUT2D eigenvalue weighted by atomic mass is 32.2. The highest BCUT2D eigenvalue weighted by Crippen LogP contribution is 2.68. The molecule has 1 amide bonds. The van der Waals surface area contributed by atoms with Crippen molar-refractivity contribution in [1.29, 1.82) is 0 Å². The second-order valence-corrected chi connectivity index (χ2v) is 14.2. The third-order valence-corrected chi connectivity index (χ3v) is 11.7. The van der Waals surface area contributed by atoms with Crippen LogP contribution in [0, 0.1) is 46.3 Å². The Hall–Kier alpha value is -0.740. The van der Waals surface area contributed by atoms with Gasteiger partial charge in [0.05, 0.1) is 24.1 Å². The number of nitrogens with one attached hydrogen (secondary N) is 1. The lowest BCUT2D eigenvalue weighted by molar-refractivity contribution is -0.207. The largest absolute Gasteiger partial charge is 0.393 e. The zero-order valence-electron chi connectivity index (χ0n) is 21.4. The molecule has 0 unspecified atom stereocenters. The SMILES string of the molecule is C[C@H](CCC(=O)NCCS(=O)(=O)O)[C@H]1CC[C@H]2[C@@H]3[C@@H](O)C[C@H]4C[C@@H](O)CC[C@]4(C)[C@H]3C[C@H](O)[C@]12C. The van der Waals surface area contributed by atoms with Crippen LogP contribution in [-0.4, -0.2) is 64.8 Å². The van der Waals surface area contributed by atoms with Crippen molar-refractivity contribution in [3.8, 4) is 0 Å². The minimum absolute atomic E-state index is 0.0509. The Labute approximate surface area is 210 Å². The second-order valence-electron chi connectivity index (χ2n) is 12.7. The van der Waals surface area contributed by atoms with Crippen molar-refractivity contribution in [3.63, 3.8) is 0 Å². The van der Waals surface area contributed by atoms with E-state index in [0.29, 0.717) is 18.8 Å². The Kier molecular flexibility index (Phi) is 7.69. The van der Waals surface area contributed by atoms with Gasteiger partial charge in [0.1, 0.15) is 0 Å². The summed E-state index contributed by atoms with van der Waals surface area (Å²) < 4.78 is 30.5.